The molecule has 0 aliphatic rings. The smallest absolute Gasteiger partial charge is 0.0861 e. The number of benzene rings is 4. The molecule has 0 aromatic heterocycles. The van der Waals surface area contributed by atoms with E-state index in [1.165, 1.54) is 20.7 Å². The summed E-state index contributed by atoms with van der Waals surface area (Å²) < 4.78 is 0. The van der Waals surface area contributed by atoms with Gasteiger partial charge in [0.2, 0.25) is 0 Å². The van der Waals surface area contributed by atoms with E-state index in [1.54, 1.807) is 0 Å². The average Bonchev–Trinajstić information content (AvgIpc) is 2.88. The zero-order valence-electron chi connectivity index (χ0n) is 18.9. The second-order valence-electron chi connectivity index (χ2n) is 8.59. The van der Waals surface area contributed by atoms with E-state index < -0.39 is 16.1 Å². The lowest BCUT2D eigenvalue weighted by Crippen LogP contribution is -2.54. The van der Waals surface area contributed by atoms with Crippen LogP contribution in [0.3, 0.4) is 0 Å². The van der Waals surface area contributed by atoms with Crippen molar-refractivity contribution < 1.29 is 0 Å². The van der Waals surface area contributed by atoms with Gasteiger partial charge in [0, 0.05) is 0 Å². The summed E-state index contributed by atoms with van der Waals surface area (Å²) in [5.41, 5.74) is 4.94. The molecule has 0 bridgehead atoms. The van der Waals surface area contributed by atoms with Crippen molar-refractivity contribution in [2.75, 3.05) is 0 Å². The van der Waals surface area contributed by atoms with E-state index >= 15 is 0 Å². The van der Waals surface area contributed by atoms with Crippen LogP contribution in [-0.2, 0) is 0 Å². The van der Waals surface area contributed by atoms with E-state index in [-0.39, 0.29) is 0 Å². The van der Waals surface area contributed by atoms with Gasteiger partial charge >= 0.3 is 0 Å². The van der Waals surface area contributed by atoms with E-state index in [2.05, 4.69) is 158 Å². The molecule has 0 atom stereocenters. The van der Waals surface area contributed by atoms with E-state index in [0.717, 1.165) is 0 Å². The highest BCUT2D eigenvalue weighted by atomic mass is 28.3. The third kappa shape index (κ3) is 4.67. The zero-order valence-corrected chi connectivity index (χ0v) is 20.9. The van der Waals surface area contributed by atoms with Crippen LogP contribution in [0.4, 0.5) is 0 Å². The van der Waals surface area contributed by atoms with Crippen molar-refractivity contribution in [3.63, 3.8) is 0 Å². The summed E-state index contributed by atoms with van der Waals surface area (Å²) in [7, 11) is -3.95. The molecule has 0 unspecified atom stereocenters. The van der Waals surface area contributed by atoms with Gasteiger partial charge in [-0.05, 0) is 0 Å². The van der Waals surface area contributed by atoms with Gasteiger partial charge in [-0.1, -0.05) is 179 Å². The summed E-state index contributed by atoms with van der Waals surface area (Å²) in [5, 5.41) is 5.73. The molecule has 0 aliphatic carbocycles. The lowest BCUT2D eigenvalue weighted by Gasteiger charge is -2.26. The molecule has 0 saturated carbocycles. The van der Waals surface area contributed by atoms with Gasteiger partial charge in [-0.25, -0.2) is 0 Å². The van der Waals surface area contributed by atoms with Crippen LogP contribution in [-0.4, -0.2) is 16.1 Å². The summed E-state index contributed by atoms with van der Waals surface area (Å²) in [6.45, 7) is 4.88. The highest BCUT2D eigenvalue weighted by Gasteiger charge is 2.30. The highest BCUT2D eigenvalue weighted by Crippen LogP contribution is 2.10. The molecule has 0 radical (unpaired) electrons. The molecule has 4 aromatic carbocycles. The molecule has 0 aliphatic heterocycles. The Balaban J connectivity index is 1.71. The molecular formula is C30H30Si2. The van der Waals surface area contributed by atoms with Crippen LogP contribution < -0.4 is 20.7 Å². The highest BCUT2D eigenvalue weighted by molar-refractivity contribution is 7.05. The minimum Gasteiger partial charge on any atom is -0.0861 e. The van der Waals surface area contributed by atoms with Gasteiger partial charge in [0.1, 0.15) is 16.1 Å². The summed E-state index contributed by atoms with van der Waals surface area (Å²) >= 11 is 0. The van der Waals surface area contributed by atoms with Crippen molar-refractivity contribution in [1.29, 1.82) is 0 Å². The van der Waals surface area contributed by atoms with Gasteiger partial charge in [0.15, 0.2) is 0 Å². The Hall–Kier alpha value is -3.21. The number of allylic oxidation sites excluding steroid dienone is 2. The summed E-state index contributed by atoms with van der Waals surface area (Å²) in [4.78, 5) is 0. The van der Waals surface area contributed by atoms with Gasteiger partial charge in [0.25, 0.3) is 0 Å². The van der Waals surface area contributed by atoms with Crippen molar-refractivity contribution in [3.05, 3.63) is 145 Å². The standard InChI is InChI=1S/C30H30Si2/c1-31(27-17-7-3-8-18-27,28-19-9-4-10-20-28)25-15-16-26-32(2,29-21-11-5-12-22-29)30-23-13-6-14-24-30/h3-26H,1-2H3/b25-15+,26-16+. The molecule has 0 nitrogen and oxygen atoms in total. The molecule has 0 N–H and O–H groups in total. The van der Waals surface area contributed by atoms with Crippen LogP contribution in [0, 0.1) is 0 Å². The Labute approximate surface area is 194 Å². The predicted octanol–water partition coefficient (Wildman–Crippen LogP) is 4.96. The minimum absolute atomic E-state index is 1.43. The van der Waals surface area contributed by atoms with Crippen LogP contribution in [0.15, 0.2) is 145 Å². The number of hydrogen-bond donors (Lipinski definition) is 0. The topological polar surface area (TPSA) is 0 Å². The van der Waals surface area contributed by atoms with Crippen molar-refractivity contribution in [2.45, 2.75) is 13.1 Å². The van der Waals surface area contributed by atoms with Crippen molar-refractivity contribution >= 4 is 36.9 Å². The maximum Gasteiger partial charge on any atom is 0.138 e. The second kappa shape index (κ2) is 9.94. The largest absolute Gasteiger partial charge is 0.138 e. The first-order valence-corrected chi connectivity index (χ1v) is 16.4. The Bertz CT molecular complexity index is 989. The van der Waals surface area contributed by atoms with E-state index in [1.807, 2.05) is 0 Å². The molecule has 0 amide bonds. The molecular weight excluding hydrogens is 417 g/mol. The van der Waals surface area contributed by atoms with E-state index in [4.69, 9.17) is 0 Å². The predicted molar refractivity (Wildman–Crippen MR) is 146 cm³/mol. The van der Waals surface area contributed by atoms with Crippen LogP contribution in [0.2, 0.25) is 13.1 Å². The van der Waals surface area contributed by atoms with Gasteiger partial charge in [-0.2, -0.15) is 0 Å². The van der Waals surface area contributed by atoms with E-state index in [0.29, 0.717) is 0 Å². The Morgan fingerprint density at radius 2 is 0.594 bits per heavy atom. The normalized spacial score (nSPS) is 12.4. The van der Waals surface area contributed by atoms with Crippen LogP contribution in [0.5, 0.6) is 0 Å². The molecule has 4 aromatic rings. The minimum atomic E-state index is -1.97. The maximum absolute atomic E-state index is 2.47. The first-order valence-electron chi connectivity index (χ1n) is 11.2. The Morgan fingerprint density at radius 1 is 0.375 bits per heavy atom. The van der Waals surface area contributed by atoms with Crippen molar-refractivity contribution in [3.8, 4) is 0 Å². The van der Waals surface area contributed by atoms with Crippen LogP contribution in [0.25, 0.3) is 0 Å². The second-order valence-corrected chi connectivity index (χ2v) is 16.4. The maximum atomic E-state index is 2.47. The SMILES string of the molecule is C[Si](/C=C/C=C/[Si](C)(c1ccccc1)c1ccccc1)(c1ccccc1)c1ccccc1. The fraction of sp³-hybridized carbons (Fsp3) is 0.0667. The molecule has 0 fully saturated rings. The molecule has 2 heteroatoms. The quantitative estimate of drug-likeness (QED) is 0.278. The average molecular weight is 447 g/mol. The van der Waals surface area contributed by atoms with E-state index in [9.17, 15) is 0 Å². The van der Waals surface area contributed by atoms with Crippen LogP contribution >= 0.6 is 0 Å². The van der Waals surface area contributed by atoms with Gasteiger partial charge in [0.05, 0.1) is 0 Å². The molecule has 4 rings (SSSR count). The third-order valence-electron chi connectivity index (χ3n) is 6.46. The van der Waals surface area contributed by atoms with Gasteiger partial charge < -0.3 is 0 Å². The first kappa shape index (κ1) is 22.0. The van der Waals surface area contributed by atoms with Gasteiger partial charge in [-0.3, -0.25) is 0 Å². The summed E-state index contributed by atoms with van der Waals surface area (Å²) in [6.07, 6.45) is 4.59. The zero-order chi connectivity index (χ0) is 22.3. The summed E-state index contributed by atoms with van der Waals surface area (Å²) in [5.74, 6) is 0. The number of hydrogen-bond acceptors (Lipinski definition) is 0. The van der Waals surface area contributed by atoms with Crippen molar-refractivity contribution in [2.24, 2.45) is 0 Å². The molecule has 158 valence electrons. The fourth-order valence-corrected chi connectivity index (χ4v) is 10.3. The third-order valence-corrected chi connectivity index (χ3v) is 14.3. The Morgan fingerprint density at radius 3 is 0.812 bits per heavy atom. The fourth-order valence-electron chi connectivity index (χ4n) is 4.35. The Kier molecular flexibility index (Phi) is 6.84. The number of rotatable bonds is 7. The molecule has 0 heterocycles. The monoisotopic (exact) mass is 446 g/mol. The van der Waals surface area contributed by atoms with Crippen LogP contribution in [0.1, 0.15) is 0 Å². The first-order chi connectivity index (χ1) is 15.6. The molecule has 0 saturated heterocycles. The summed E-state index contributed by atoms with van der Waals surface area (Å²) in [6, 6.07) is 43.9. The molecule has 0 spiro atoms. The van der Waals surface area contributed by atoms with Crippen molar-refractivity contribution in [1.82, 2.24) is 0 Å². The molecule has 32 heavy (non-hydrogen) atoms. The van der Waals surface area contributed by atoms with Gasteiger partial charge in [-0.15, -0.1) is 0 Å². The lowest BCUT2D eigenvalue weighted by atomic mass is 10.4. The lowest BCUT2D eigenvalue weighted by molar-refractivity contribution is 1.68.